The molecule has 0 aromatic heterocycles. The van der Waals surface area contributed by atoms with Crippen LogP contribution in [0.25, 0.3) is 0 Å². The summed E-state index contributed by atoms with van der Waals surface area (Å²) in [4.78, 5) is 13.4. The van der Waals surface area contributed by atoms with Crippen molar-refractivity contribution in [1.82, 2.24) is 0 Å². The summed E-state index contributed by atoms with van der Waals surface area (Å²) < 4.78 is 0. The first-order chi connectivity index (χ1) is 7.99. The Balaban J connectivity index is 2.37. The van der Waals surface area contributed by atoms with Crippen LogP contribution in [0.5, 0.6) is 0 Å². The van der Waals surface area contributed by atoms with Gasteiger partial charge in [0.25, 0.3) is 0 Å². The van der Waals surface area contributed by atoms with E-state index in [0.29, 0.717) is 17.4 Å². The number of nitrogens with zero attached hydrogens (tertiary/aromatic N) is 1. The third-order valence-corrected chi connectivity index (χ3v) is 3.71. The number of anilines is 1. The minimum absolute atomic E-state index is 0.414. The van der Waals surface area contributed by atoms with E-state index >= 15 is 0 Å². The predicted octanol–water partition coefficient (Wildman–Crippen LogP) is 2.79. The minimum Gasteiger partial charge on any atom is -0.478 e. The van der Waals surface area contributed by atoms with Gasteiger partial charge < -0.3 is 10.0 Å². The summed E-state index contributed by atoms with van der Waals surface area (Å²) in [5.74, 6) is 0.404. The second-order valence-electron chi connectivity index (χ2n) is 5.19. The van der Waals surface area contributed by atoms with Crippen LogP contribution in [0.15, 0.2) is 18.2 Å². The Morgan fingerprint density at radius 2 is 1.88 bits per heavy atom. The van der Waals surface area contributed by atoms with Gasteiger partial charge in [-0.2, -0.15) is 0 Å². The van der Waals surface area contributed by atoms with Gasteiger partial charge in [0.15, 0.2) is 0 Å². The SMILES string of the molecule is Cc1ccc(C(=O)O)c(N2CC(C)C(C)C2)c1. The maximum absolute atomic E-state index is 11.2. The zero-order chi connectivity index (χ0) is 12.6. The Labute approximate surface area is 102 Å². The lowest BCUT2D eigenvalue weighted by molar-refractivity contribution is 0.0697. The lowest BCUT2D eigenvalue weighted by Crippen LogP contribution is -2.22. The molecule has 1 heterocycles. The highest BCUT2D eigenvalue weighted by Gasteiger charge is 2.28. The van der Waals surface area contributed by atoms with Crippen LogP contribution in [0, 0.1) is 18.8 Å². The number of benzene rings is 1. The Hall–Kier alpha value is -1.51. The van der Waals surface area contributed by atoms with E-state index in [0.717, 1.165) is 24.3 Å². The molecule has 17 heavy (non-hydrogen) atoms. The van der Waals surface area contributed by atoms with Gasteiger partial charge in [0.05, 0.1) is 11.3 Å². The Kier molecular flexibility index (Phi) is 3.09. The molecule has 2 unspecified atom stereocenters. The molecular weight excluding hydrogens is 214 g/mol. The number of hydrogen-bond acceptors (Lipinski definition) is 2. The van der Waals surface area contributed by atoms with Gasteiger partial charge in [-0.05, 0) is 36.5 Å². The lowest BCUT2D eigenvalue weighted by Gasteiger charge is -2.21. The number of carboxylic acid groups (broad SMARTS) is 1. The molecule has 1 aliphatic rings. The summed E-state index contributed by atoms with van der Waals surface area (Å²) in [5, 5.41) is 9.22. The van der Waals surface area contributed by atoms with Crippen molar-refractivity contribution in [3.05, 3.63) is 29.3 Å². The summed E-state index contributed by atoms with van der Waals surface area (Å²) in [6.07, 6.45) is 0. The van der Waals surface area contributed by atoms with Crippen molar-refractivity contribution in [2.75, 3.05) is 18.0 Å². The normalized spacial score (nSPS) is 24.1. The number of aromatic carboxylic acids is 1. The van der Waals surface area contributed by atoms with E-state index in [2.05, 4.69) is 18.7 Å². The minimum atomic E-state index is -0.841. The van der Waals surface area contributed by atoms with Crippen molar-refractivity contribution >= 4 is 11.7 Å². The van der Waals surface area contributed by atoms with Crippen LogP contribution in [0.1, 0.15) is 29.8 Å². The van der Waals surface area contributed by atoms with E-state index in [4.69, 9.17) is 0 Å². The first kappa shape index (κ1) is 12.0. The molecule has 2 atom stereocenters. The van der Waals surface area contributed by atoms with E-state index in [-0.39, 0.29) is 0 Å². The third kappa shape index (κ3) is 2.28. The molecule has 1 aliphatic heterocycles. The fourth-order valence-electron chi connectivity index (χ4n) is 2.41. The number of hydrogen-bond donors (Lipinski definition) is 1. The Bertz CT molecular complexity index is 432. The van der Waals surface area contributed by atoms with Crippen LogP contribution in [-0.4, -0.2) is 24.2 Å². The molecule has 1 aromatic rings. The first-order valence-electron chi connectivity index (χ1n) is 6.08. The average Bonchev–Trinajstić information content (AvgIpc) is 2.58. The fraction of sp³-hybridized carbons (Fsp3) is 0.500. The largest absolute Gasteiger partial charge is 0.478 e. The zero-order valence-electron chi connectivity index (χ0n) is 10.6. The van der Waals surface area contributed by atoms with Crippen LogP contribution >= 0.6 is 0 Å². The first-order valence-corrected chi connectivity index (χ1v) is 6.08. The second kappa shape index (κ2) is 4.40. The lowest BCUT2D eigenvalue weighted by atomic mass is 10.0. The fourth-order valence-corrected chi connectivity index (χ4v) is 2.41. The molecule has 1 fully saturated rings. The standard InChI is InChI=1S/C14H19NO2/c1-9-4-5-12(14(16)17)13(6-9)15-7-10(2)11(3)8-15/h4-6,10-11H,7-8H2,1-3H3,(H,16,17). The van der Waals surface area contributed by atoms with Crippen LogP contribution in [0.2, 0.25) is 0 Å². The van der Waals surface area contributed by atoms with Crippen molar-refractivity contribution in [3.8, 4) is 0 Å². The molecule has 92 valence electrons. The summed E-state index contributed by atoms with van der Waals surface area (Å²) in [7, 11) is 0. The Morgan fingerprint density at radius 1 is 1.29 bits per heavy atom. The van der Waals surface area contributed by atoms with E-state index in [1.54, 1.807) is 6.07 Å². The van der Waals surface area contributed by atoms with Crippen molar-refractivity contribution in [2.45, 2.75) is 20.8 Å². The van der Waals surface area contributed by atoms with Crippen LogP contribution in [-0.2, 0) is 0 Å². The number of rotatable bonds is 2. The highest BCUT2D eigenvalue weighted by molar-refractivity contribution is 5.94. The smallest absolute Gasteiger partial charge is 0.337 e. The number of carbonyl (C=O) groups is 1. The van der Waals surface area contributed by atoms with Gasteiger partial charge in [-0.1, -0.05) is 19.9 Å². The van der Waals surface area contributed by atoms with Crippen molar-refractivity contribution in [3.63, 3.8) is 0 Å². The Morgan fingerprint density at radius 3 is 2.41 bits per heavy atom. The molecule has 0 radical (unpaired) electrons. The molecule has 1 saturated heterocycles. The van der Waals surface area contributed by atoms with Gasteiger partial charge in [0, 0.05) is 13.1 Å². The highest BCUT2D eigenvalue weighted by atomic mass is 16.4. The van der Waals surface area contributed by atoms with Gasteiger partial charge in [0.1, 0.15) is 0 Å². The molecular formula is C14H19NO2. The zero-order valence-corrected chi connectivity index (χ0v) is 10.6. The van der Waals surface area contributed by atoms with E-state index in [1.807, 2.05) is 19.1 Å². The third-order valence-electron chi connectivity index (χ3n) is 3.71. The molecule has 3 nitrogen and oxygen atoms in total. The summed E-state index contributed by atoms with van der Waals surface area (Å²) >= 11 is 0. The summed E-state index contributed by atoms with van der Waals surface area (Å²) in [5.41, 5.74) is 2.39. The maximum atomic E-state index is 11.2. The van der Waals surface area contributed by atoms with Gasteiger partial charge >= 0.3 is 5.97 Å². The van der Waals surface area contributed by atoms with E-state index in [9.17, 15) is 9.90 Å². The van der Waals surface area contributed by atoms with Crippen molar-refractivity contribution in [1.29, 1.82) is 0 Å². The molecule has 0 aliphatic carbocycles. The molecule has 3 heteroatoms. The molecule has 0 bridgehead atoms. The second-order valence-corrected chi connectivity index (χ2v) is 5.19. The highest BCUT2D eigenvalue weighted by Crippen LogP contribution is 2.30. The topological polar surface area (TPSA) is 40.5 Å². The van der Waals surface area contributed by atoms with E-state index < -0.39 is 5.97 Å². The maximum Gasteiger partial charge on any atom is 0.337 e. The number of aryl methyl sites for hydroxylation is 1. The van der Waals surface area contributed by atoms with Gasteiger partial charge in [-0.25, -0.2) is 4.79 Å². The molecule has 0 spiro atoms. The monoisotopic (exact) mass is 233 g/mol. The molecule has 1 N–H and O–H groups in total. The predicted molar refractivity (Wildman–Crippen MR) is 68.7 cm³/mol. The molecule has 0 saturated carbocycles. The quantitative estimate of drug-likeness (QED) is 0.854. The molecule has 0 amide bonds. The van der Waals surface area contributed by atoms with Gasteiger partial charge in [-0.15, -0.1) is 0 Å². The van der Waals surface area contributed by atoms with Crippen LogP contribution in [0.3, 0.4) is 0 Å². The van der Waals surface area contributed by atoms with Gasteiger partial charge in [0.2, 0.25) is 0 Å². The van der Waals surface area contributed by atoms with Crippen molar-refractivity contribution in [2.24, 2.45) is 11.8 Å². The summed E-state index contributed by atoms with van der Waals surface area (Å²) in [6.45, 7) is 8.34. The van der Waals surface area contributed by atoms with Crippen LogP contribution < -0.4 is 4.90 Å². The molecule has 1 aromatic carbocycles. The summed E-state index contributed by atoms with van der Waals surface area (Å²) in [6, 6.07) is 5.55. The van der Waals surface area contributed by atoms with E-state index in [1.165, 1.54) is 0 Å². The number of carboxylic acids is 1. The average molecular weight is 233 g/mol. The van der Waals surface area contributed by atoms with Gasteiger partial charge in [-0.3, -0.25) is 0 Å². The van der Waals surface area contributed by atoms with Crippen LogP contribution in [0.4, 0.5) is 5.69 Å². The molecule has 2 rings (SSSR count). The van der Waals surface area contributed by atoms with Crippen molar-refractivity contribution < 1.29 is 9.90 Å².